The standard InChI is InChI=1S/C14H22ClNO4S/c1-2-3-8-20-9-4-7-16-21(18,19)13-6-5-12(11-17)14(15)10-13/h5-6,10,16-17H,2-4,7-9,11H2,1H3. The molecule has 0 aliphatic rings. The number of hydrogen-bond donors (Lipinski definition) is 2. The molecular formula is C14H22ClNO4S. The van der Waals surface area contributed by atoms with E-state index in [-0.39, 0.29) is 16.5 Å². The maximum atomic E-state index is 12.0. The highest BCUT2D eigenvalue weighted by Gasteiger charge is 2.14. The van der Waals surface area contributed by atoms with E-state index in [9.17, 15) is 8.42 Å². The zero-order valence-electron chi connectivity index (χ0n) is 12.1. The lowest BCUT2D eigenvalue weighted by molar-refractivity contribution is 0.130. The van der Waals surface area contributed by atoms with Gasteiger partial charge in [-0.2, -0.15) is 0 Å². The van der Waals surface area contributed by atoms with Gasteiger partial charge in [0.15, 0.2) is 0 Å². The second kappa shape index (κ2) is 9.38. The van der Waals surface area contributed by atoms with Crippen molar-refractivity contribution in [2.45, 2.75) is 37.7 Å². The summed E-state index contributed by atoms with van der Waals surface area (Å²) < 4.78 is 32.0. The van der Waals surface area contributed by atoms with Gasteiger partial charge < -0.3 is 9.84 Å². The van der Waals surface area contributed by atoms with E-state index in [0.717, 1.165) is 12.8 Å². The quantitative estimate of drug-likeness (QED) is 0.643. The smallest absolute Gasteiger partial charge is 0.240 e. The number of unbranched alkanes of at least 4 members (excludes halogenated alkanes) is 1. The molecule has 0 heterocycles. The zero-order chi connectivity index (χ0) is 15.7. The summed E-state index contributed by atoms with van der Waals surface area (Å²) in [7, 11) is -3.58. The van der Waals surface area contributed by atoms with Gasteiger partial charge in [-0.05, 0) is 30.5 Å². The second-order valence-electron chi connectivity index (χ2n) is 4.63. The fourth-order valence-corrected chi connectivity index (χ4v) is 3.04. The molecular weight excluding hydrogens is 314 g/mol. The van der Waals surface area contributed by atoms with Gasteiger partial charge >= 0.3 is 0 Å². The molecule has 1 aromatic carbocycles. The third-order valence-corrected chi connectivity index (χ3v) is 4.72. The number of ether oxygens (including phenoxy) is 1. The summed E-state index contributed by atoms with van der Waals surface area (Å²) >= 11 is 5.90. The highest BCUT2D eigenvalue weighted by Crippen LogP contribution is 2.20. The van der Waals surface area contributed by atoms with E-state index >= 15 is 0 Å². The third-order valence-electron chi connectivity index (χ3n) is 2.90. The Bertz CT molecular complexity index is 534. The van der Waals surface area contributed by atoms with Crippen LogP contribution in [0.25, 0.3) is 0 Å². The summed E-state index contributed by atoms with van der Waals surface area (Å²) in [5.41, 5.74) is 0.500. The van der Waals surface area contributed by atoms with Crippen LogP contribution in [0, 0.1) is 0 Å². The molecule has 0 saturated heterocycles. The lowest BCUT2D eigenvalue weighted by atomic mass is 10.2. The molecule has 1 aromatic rings. The van der Waals surface area contributed by atoms with Crippen molar-refractivity contribution in [3.63, 3.8) is 0 Å². The number of halogens is 1. The molecule has 7 heteroatoms. The minimum atomic E-state index is -3.58. The Morgan fingerprint density at radius 3 is 2.62 bits per heavy atom. The molecule has 0 spiro atoms. The van der Waals surface area contributed by atoms with Crippen molar-refractivity contribution in [2.75, 3.05) is 19.8 Å². The molecule has 0 bridgehead atoms. The lowest BCUT2D eigenvalue weighted by Gasteiger charge is -2.09. The van der Waals surface area contributed by atoms with Crippen LogP contribution in [0.1, 0.15) is 31.7 Å². The van der Waals surface area contributed by atoms with E-state index in [0.29, 0.717) is 31.7 Å². The maximum absolute atomic E-state index is 12.0. The van der Waals surface area contributed by atoms with Gasteiger partial charge in [0.1, 0.15) is 0 Å². The van der Waals surface area contributed by atoms with Crippen molar-refractivity contribution < 1.29 is 18.3 Å². The average molecular weight is 336 g/mol. The first kappa shape index (κ1) is 18.4. The number of rotatable bonds is 10. The predicted molar refractivity (Wildman–Crippen MR) is 82.9 cm³/mol. The normalized spacial score (nSPS) is 11.8. The van der Waals surface area contributed by atoms with Crippen LogP contribution >= 0.6 is 11.6 Å². The van der Waals surface area contributed by atoms with E-state index < -0.39 is 10.0 Å². The van der Waals surface area contributed by atoms with Crippen molar-refractivity contribution in [3.8, 4) is 0 Å². The Labute approximate surface area is 131 Å². The number of benzene rings is 1. The minimum Gasteiger partial charge on any atom is -0.392 e. The van der Waals surface area contributed by atoms with Crippen LogP contribution < -0.4 is 4.72 Å². The van der Waals surface area contributed by atoms with Crippen molar-refractivity contribution in [3.05, 3.63) is 28.8 Å². The summed E-state index contributed by atoms with van der Waals surface area (Å²) in [6, 6.07) is 4.27. The van der Waals surface area contributed by atoms with E-state index in [2.05, 4.69) is 11.6 Å². The van der Waals surface area contributed by atoms with Crippen LogP contribution in [0.3, 0.4) is 0 Å². The molecule has 0 radical (unpaired) electrons. The number of aliphatic hydroxyl groups excluding tert-OH is 1. The van der Waals surface area contributed by atoms with E-state index in [1.54, 1.807) is 0 Å². The highest BCUT2D eigenvalue weighted by molar-refractivity contribution is 7.89. The van der Waals surface area contributed by atoms with Gasteiger partial charge in [-0.25, -0.2) is 13.1 Å². The van der Waals surface area contributed by atoms with Crippen LogP contribution in [0.4, 0.5) is 0 Å². The topological polar surface area (TPSA) is 75.6 Å². The molecule has 0 atom stereocenters. The Morgan fingerprint density at radius 2 is 2.00 bits per heavy atom. The largest absolute Gasteiger partial charge is 0.392 e. The molecule has 0 amide bonds. The first-order valence-electron chi connectivity index (χ1n) is 6.98. The van der Waals surface area contributed by atoms with Crippen molar-refractivity contribution in [1.82, 2.24) is 4.72 Å². The predicted octanol–water partition coefficient (Wildman–Crippen LogP) is 2.32. The molecule has 0 aliphatic carbocycles. The highest BCUT2D eigenvalue weighted by atomic mass is 35.5. The van der Waals surface area contributed by atoms with Gasteiger partial charge in [-0.1, -0.05) is 31.0 Å². The average Bonchev–Trinajstić information content (AvgIpc) is 2.46. The number of nitrogens with one attached hydrogen (secondary N) is 1. The first-order chi connectivity index (χ1) is 10.0. The van der Waals surface area contributed by atoms with Gasteiger partial charge in [-0.3, -0.25) is 0 Å². The van der Waals surface area contributed by atoms with E-state index in [4.69, 9.17) is 21.4 Å². The van der Waals surface area contributed by atoms with E-state index in [1.165, 1.54) is 18.2 Å². The lowest BCUT2D eigenvalue weighted by Crippen LogP contribution is -2.25. The van der Waals surface area contributed by atoms with Gasteiger partial charge in [0, 0.05) is 24.8 Å². The van der Waals surface area contributed by atoms with Crippen molar-refractivity contribution in [2.24, 2.45) is 0 Å². The second-order valence-corrected chi connectivity index (χ2v) is 6.80. The van der Waals surface area contributed by atoms with E-state index in [1.807, 2.05) is 0 Å². The van der Waals surface area contributed by atoms with Gasteiger partial charge in [-0.15, -0.1) is 0 Å². The monoisotopic (exact) mass is 335 g/mol. The van der Waals surface area contributed by atoms with Crippen LogP contribution in [0.2, 0.25) is 5.02 Å². The SMILES string of the molecule is CCCCOCCCNS(=O)(=O)c1ccc(CO)c(Cl)c1. The molecule has 1 rings (SSSR count). The summed E-state index contributed by atoms with van der Waals surface area (Å²) in [4.78, 5) is 0.0941. The van der Waals surface area contributed by atoms with Crippen LogP contribution in [-0.4, -0.2) is 33.3 Å². The Kier molecular flexibility index (Phi) is 8.21. The van der Waals surface area contributed by atoms with Gasteiger partial charge in [0.25, 0.3) is 0 Å². The molecule has 21 heavy (non-hydrogen) atoms. The Morgan fingerprint density at radius 1 is 1.29 bits per heavy atom. The summed E-state index contributed by atoms with van der Waals surface area (Å²) in [6.07, 6.45) is 2.71. The molecule has 0 aromatic heterocycles. The van der Waals surface area contributed by atoms with Crippen molar-refractivity contribution in [1.29, 1.82) is 0 Å². The third kappa shape index (κ3) is 6.32. The molecule has 0 fully saturated rings. The first-order valence-corrected chi connectivity index (χ1v) is 8.84. The number of hydrogen-bond acceptors (Lipinski definition) is 4. The zero-order valence-corrected chi connectivity index (χ0v) is 13.7. The maximum Gasteiger partial charge on any atom is 0.240 e. The van der Waals surface area contributed by atoms with Crippen molar-refractivity contribution >= 4 is 21.6 Å². The summed E-state index contributed by atoms with van der Waals surface area (Å²) in [5, 5.41) is 9.25. The minimum absolute atomic E-state index is 0.0941. The fraction of sp³-hybridized carbons (Fsp3) is 0.571. The fourth-order valence-electron chi connectivity index (χ4n) is 1.64. The molecule has 5 nitrogen and oxygen atoms in total. The van der Waals surface area contributed by atoms with Crippen LogP contribution in [0.5, 0.6) is 0 Å². The van der Waals surface area contributed by atoms with Crippen LogP contribution in [0.15, 0.2) is 23.1 Å². The number of aliphatic hydroxyl groups is 1. The van der Waals surface area contributed by atoms with Gasteiger partial charge in [0.05, 0.1) is 11.5 Å². The summed E-state index contributed by atoms with van der Waals surface area (Å²) in [6.45, 7) is 3.43. The number of sulfonamides is 1. The summed E-state index contributed by atoms with van der Waals surface area (Å²) in [5.74, 6) is 0. The van der Waals surface area contributed by atoms with Crippen LogP contribution in [-0.2, 0) is 21.4 Å². The molecule has 120 valence electrons. The van der Waals surface area contributed by atoms with Gasteiger partial charge in [0.2, 0.25) is 10.0 Å². The molecule has 0 unspecified atom stereocenters. The molecule has 0 saturated carbocycles. The Balaban J connectivity index is 2.45. The Hall–Kier alpha value is -0.660. The molecule has 2 N–H and O–H groups in total. The molecule has 0 aliphatic heterocycles.